The molecule has 12 heteroatoms. The van der Waals surface area contributed by atoms with Gasteiger partial charge in [-0.05, 0) is 52.4 Å². The Morgan fingerprint density at radius 2 is 1.97 bits per heavy atom. The molecule has 31 heavy (non-hydrogen) atoms. The number of anilines is 1. The van der Waals surface area contributed by atoms with Gasteiger partial charge in [-0.2, -0.15) is 13.2 Å². The molecule has 4 aromatic rings. The van der Waals surface area contributed by atoms with Crippen molar-refractivity contribution < 1.29 is 31.1 Å². The Hall–Kier alpha value is -3.70. The molecule has 0 aliphatic rings. The highest BCUT2D eigenvalue weighted by molar-refractivity contribution is 5.83. The Balaban J connectivity index is 1.49. The first-order chi connectivity index (χ1) is 14.8. The van der Waals surface area contributed by atoms with Gasteiger partial charge in [0.1, 0.15) is 12.4 Å². The van der Waals surface area contributed by atoms with E-state index in [4.69, 9.17) is 4.42 Å². The molecule has 0 aliphatic heterocycles. The fraction of sp³-hybridized carbons (Fsp3) is 0.211. The van der Waals surface area contributed by atoms with E-state index in [9.17, 15) is 22.0 Å². The second-order valence-electron chi connectivity index (χ2n) is 6.57. The third-order valence-corrected chi connectivity index (χ3v) is 4.30. The molecule has 0 atom stereocenters. The van der Waals surface area contributed by atoms with E-state index in [2.05, 4.69) is 30.7 Å². The van der Waals surface area contributed by atoms with Crippen molar-refractivity contribution in [1.29, 1.82) is 0 Å². The van der Waals surface area contributed by atoms with Crippen molar-refractivity contribution in [2.45, 2.75) is 19.4 Å². The lowest BCUT2D eigenvalue weighted by atomic mass is 10.1. The van der Waals surface area contributed by atoms with Crippen LogP contribution in [0.4, 0.5) is 27.6 Å². The number of H-pyrrole nitrogens is 1. The molecule has 2 aromatic heterocycles. The van der Waals surface area contributed by atoms with Gasteiger partial charge < -0.3 is 14.5 Å². The van der Waals surface area contributed by atoms with Gasteiger partial charge in [-0.25, -0.2) is 13.9 Å². The van der Waals surface area contributed by atoms with Gasteiger partial charge in [0.15, 0.2) is 23.8 Å². The van der Waals surface area contributed by atoms with Gasteiger partial charge in [0.2, 0.25) is 5.82 Å². The minimum absolute atomic E-state index is 0.0315. The number of rotatable bonds is 7. The molecule has 0 fully saturated rings. The summed E-state index contributed by atoms with van der Waals surface area (Å²) in [6.45, 7) is -2.34. The van der Waals surface area contributed by atoms with Crippen LogP contribution in [-0.2, 0) is 13.2 Å². The summed E-state index contributed by atoms with van der Waals surface area (Å²) in [6.07, 6.45) is -4.52. The summed E-state index contributed by atoms with van der Waals surface area (Å²) in [7, 11) is 0. The molecule has 0 spiro atoms. The number of aromatic nitrogens is 4. The average Bonchev–Trinajstić information content (AvgIpc) is 3.40. The van der Waals surface area contributed by atoms with Gasteiger partial charge in [-0.3, -0.25) is 0 Å². The second-order valence-corrected chi connectivity index (χ2v) is 6.57. The minimum atomic E-state index is -4.52. The first-order valence-electron chi connectivity index (χ1n) is 8.91. The van der Waals surface area contributed by atoms with Crippen LogP contribution in [0, 0.1) is 5.82 Å². The van der Waals surface area contributed by atoms with Gasteiger partial charge in [0.25, 0.3) is 0 Å². The van der Waals surface area contributed by atoms with Gasteiger partial charge in [-0.1, -0.05) is 0 Å². The SMILES string of the molecule is FCc1cc(NCc2cc(F)c3oc(-c4nnn[nH]4)cc3c2)ccc1OCC(F)(F)F. The van der Waals surface area contributed by atoms with Gasteiger partial charge >= 0.3 is 6.18 Å². The van der Waals surface area contributed by atoms with Crippen LogP contribution in [-0.4, -0.2) is 33.4 Å². The van der Waals surface area contributed by atoms with E-state index < -0.39 is 25.3 Å². The Kier molecular flexibility index (Phi) is 5.44. The molecular formula is C19H14F5N5O2. The fourth-order valence-corrected chi connectivity index (χ4v) is 2.95. The normalized spacial score (nSPS) is 11.8. The van der Waals surface area contributed by atoms with Gasteiger partial charge in [-0.15, -0.1) is 5.10 Å². The zero-order chi connectivity index (χ0) is 22.0. The monoisotopic (exact) mass is 439 g/mol. The van der Waals surface area contributed by atoms with E-state index in [1.807, 2.05) is 0 Å². The van der Waals surface area contributed by atoms with Crippen LogP contribution < -0.4 is 10.1 Å². The standard InChI is InChI=1S/C19H14F5N5O2/c20-7-12-5-13(1-2-15(12)30-9-19(22,23)24)25-8-10-3-11-6-16(18-26-28-29-27-18)31-17(11)14(21)4-10/h1-6,25H,7-9H2,(H,26,27,28,29). The van der Waals surface area contributed by atoms with Crippen LogP contribution in [0.2, 0.25) is 0 Å². The Bertz CT molecular complexity index is 1190. The van der Waals surface area contributed by atoms with E-state index in [1.165, 1.54) is 24.3 Å². The van der Waals surface area contributed by atoms with Crippen molar-refractivity contribution in [1.82, 2.24) is 20.6 Å². The molecule has 0 amide bonds. The average molecular weight is 439 g/mol. The number of ether oxygens (including phenoxy) is 1. The van der Waals surface area contributed by atoms with Crippen LogP contribution in [0.25, 0.3) is 22.6 Å². The summed E-state index contributed by atoms with van der Waals surface area (Å²) >= 11 is 0. The first kappa shape index (κ1) is 20.6. The van der Waals surface area contributed by atoms with Crippen molar-refractivity contribution >= 4 is 16.7 Å². The molecule has 0 aliphatic carbocycles. The number of furan rings is 1. The molecule has 0 unspecified atom stereocenters. The molecule has 0 bridgehead atoms. The number of fused-ring (bicyclic) bond motifs is 1. The molecule has 0 radical (unpaired) electrons. The quantitative estimate of drug-likeness (QED) is 0.403. The zero-order valence-corrected chi connectivity index (χ0v) is 15.6. The third kappa shape index (κ3) is 4.73. The third-order valence-electron chi connectivity index (χ3n) is 4.30. The highest BCUT2D eigenvalue weighted by Gasteiger charge is 2.28. The first-order valence-corrected chi connectivity index (χ1v) is 8.91. The summed E-state index contributed by atoms with van der Waals surface area (Å²) in [5, 5.41) is 16.6. The number of nitrogens with one attached hydrogen (secondary N) is 2. The number of halogens is 5. The number of hydrogen-bond acceptors (Lipinski definition) is 6. The highest BCUT2D eigenvalue weighted by Crippen LogP contribution is 2.29. The summed E-state index contributed by atoms with van der Waals surface area (Å²) in [4.78, 5) is 0. The molecule has 2 heterocycles. The van der Waals surface area contributed by atoms with E-state index in [-0.39, 0.29) is 35.0 Å². The zero-order valence-electron chi connectivity index (χ0n) is 15.6. The predicted octanol–water partition coefficient (Wildman–Crippen LogP) is 4.77. The Morgan fingerprint density at radius 1 is 1.13 bits per heavy atom. The maximum absolute atomic E-state index is 14.4. The number of nitrogens with zero attached hydrogens (tertiary/aromatic N) is 3. The fourth-order valence-electron chi connectivity index (χ4n) is 2.95. The molecule has 4 rings (SSSR count). The van der Waals surface area contributed by atoms with Crippen LogP contribution >= 0.6 is 0 Å². The summed E-state index contributed by atoms with van der Waals surface area (Å²) in [5.74, 6) is -0.257. The van der Waals surface area contributed by atoms with Gasteiger partial charge in [0.05, 0.1) is 0 Å². The van der Waals surface area contributed by atoms with Gasteiger partial charge in [0, 0.05) is 23.2 Å². The molecule has 7 nitrogen and oxygen atoms in total. The van der Waals surface area contributed by atoms with Crippen molar-refractivity contribution in [2.75, 3.05) is 11.9 Å². The van der Waals surface area contributed by atoms with Crippen molar-refractivity contribution in [3.05, 3.63) is 53.3 Å². The minimum Gasteiger partial charge on any atom is -0.484 e. The topological polar surface area (TPSA) is 88.9 Å². The van der Waals surface area contributed by atoms with Crippen LogP contribution in [0.15, 0.2) is 40.8 Å². The van der Waals surface area contributed by atoms with Crippen LogP contribution in [0.5, 0.6) is 5.75 Å². The number of alkyl halides is 4. The Labute approximate surface area is 171 Å². The van der Waals surface area contributed by atoms with Crippen molar-refractivity contribution in [3.8, 4) is 17.3 Å². The highest BCUT2D eigenvalue weighted by atomic mass is 19.4. The maximum Gasteiger partial charge on any atom is 0.422 e. The van der Waals surface area contributed by atoms with Crippen molar-refractivity contribution in [3.63, 3.8) is 0 Å². The largest absolute Gasteiger partial charge is 0.484 e. The smallest absolute Gasteiger partial charge is 0.422 e. The van der Waals surface area contributed by atoms with Crippen LogP contribution in [0.3, 0.4) is 0 Å². The lowest BCUT2D eigenvalue weighted by Gasteiger charge is -2.14. The molecule has 2 aromatic carbocycles. The Morgan fingerprint density at radius 3 is 2.68 bits per heavy atom. The second kappa shape index (κ2) is 8.20. The molecule has 2 N–H and O–H groups in total. The molecule has 162 valence electrons. The predicted molar refractivity (Wildman–Crippen MR) is 99.5 cm³/mol. The van der Waals surface area contributed by atoms with Crippen LogP contribution in [0.1, 0.15) is 11.1 Å². The van der Waals surface area contributed by atoms with Crippen molar-refractivity contribution in [2.24, 2.45) is 0 Å². The summed E-state index contributed by atoms with van der Waals surface area (Å²) < 4.78 is 74.7. The lowest BCUT2D eigenvalue weighted by molar-refractivity contribution is -0.153. The number of tetrazole rings is 1. The van der Waals surface area contributed by atoms with E-state index in [0.29, 0.717) is 16.6 Å². The summed E-state index contributed by atoms with van der Waals surface area (Å²) in [5.41, 5.74) is 1.01. The maximum atomic E-state index is 14.4. The molecule has 0 saturated heterocycles. The van der Waals surface area contributed by atoms with E-state index >= 15 is 0 Å². The van der Waals surface area contributed by atoms with E-state index in [0.717, 1.165) is 0 Å². The number of hydrogen-bond donors (Lipinski definition) is 2. The molecule has 0 saturated carbocycles. The number of benzene rings is 2. The lowest BCUT2D eigenvalue weighted by Crippen LogP contribution is -2.19. The number of aromatic amines is 1. The summed E-state index contributed by atoms with van der Waals surface area (Å²) in [6, 6.07) is 8.59. The van der Waals surface area contributed by atoms with E-state index in [1.54, 1.807) is 12.1 Å². The molecular weight excluding hydrogens is 425 g/mol.